The summed E-state index contributed by atoms with van der Waals surface area (Å²) in [5.41, 5.74) is 0.463. The van der Waals surface area contributed by atoms with Gasteiger partial charge in [0, 0.05) is 13.1 Å². The molecule has 0 aromatic heterocycles. The quantitative estimate of drug-likeness (QED) is 0.906. The van der Waals surface area contributed by atoms with Crippen molar-refractivity contribution in [3.63, 3.8) is 0 Å². The molecule has 0 aliphatic carbocycles. The number of halogens is 1. The molecule has 0 bridgehead atoms. The molecule has 1 saturated heterocycles. The molecule has 0 unspecified atom stereocenters. The summed E-state index contributed by atoms with van der Waals surface area (Å²) in [6.45, 7) is 6.46. The number of hydrogen-bond acceptors (Lipinski definition) is 3. The van der Waals surface area contributed by atoms with Gasteiger partial charge in [0.25, 0.3) is 0 Å². The SMILES string of the molecule is CCNCC1CCN(S(=O)(=O)c2c(C)cccc2F)CC1. The fourth-order valence-electron chi connectivity index (χ4n) is 2.77. The Hall–Kier alpha value is -0.980. The lowest BCUT2D eigenvalue weighted by atomic mass is 9.98. The van der Waals surface area contributed by atoms with Crippen molar-refractivity contribution < 1.29 is 12.8 Å². The fourth-order valence-corrected chi connectivity index (χ4v) is 4.51. The Labute approximate surface area is 126 Å². The second-order valence-corrected chi connectivity index (χ2v) is 7.42. The minimum Gasteiger partial charge on any atom is -0.317 e. The predicted molar refractivity (Wildman–Crippen MR) is 81.2 cm³/mol. The van der Waals surface area contributed by atoms with E-state index in [1.807, 2.05) is 0 Å². The average molecular weight is 314 g/mol. The number of nitrogens with zero attached hydrogens (tertiary/aromatic N) is 1. The zero-order valence-electron chi connectivity index (χ0n) is 12.6. The second kappa shape index (κ2) is 6.85. The Morgan fingerprint density at radius 3 is 2.57 bits per heavy atom. The minimum absolute atomic E-state index is 0.171. The highest BCUT2D eigenvalue weighted by Crippen LogP contribution is 2.27. The third-order valence-corrected chi connectivity index (χ3v) is 6.10. The summed E-state index contributed by atoms with van der Waals surface area (Å²) in [6.07, 6.45) is 1.64. The van der Waals surface area contributed by atoms with E-state index in [9.17, 15) is 12.8 Å². The highest BCUT2D eigenvalue weighted by atomic mass is 32.2. The zero-order chi connectivity index (χ0) is 15.5. The number of rotatable bonds is 5. The topological polar surface area (TPSA) is 49.4 Å². The van der Waals surface area contributed by atoms with Crippen molar-refractivity contribution in [2.45, 2.75) is 31.6 Å². The number of nitrogens with one attached hydrogen (secondary N) is 1. The van der Waals surface area contributed by atoms with E-state index in [2.05, 4.69) is 12.2 Å². The van der Waals surface area contributed by atoms with Gasteiger partial charge in [0.15, 0.2) is 0 Å². The van der Waals surface area contributed by atoms with Crippen LogP contribution in [0.25, 0.3) is 0 Å². The van der Waals surface area contributed by atoms with Crippen LogP contribution in [-0.2, 0) is 10.0 Å². The molecule has 2 rings (SSSR count). The van der Waals surface area contributed by atoms with Crippen LogP contribution in [0.1, 0.15) is 25.3 Å². The Bertz CT molecular complexity index is 561. The fraction of sp³-hybridized carbons (Fsp3) is 0.600. The van der Waals surface area contributed by atoms with E-state index in [-0.39, 0.29) is 4.90 Å². The van der Waals surface area contributed by atoms with Crippen LogP contribution in [-0.4, -0.2) is 38.9 Å². The zero-order valence-corrected chi connectivity index (χ0v) is 13.4. The molecule has 1 aliphatic rings. The van der Waals surface area contributed by atoms with Crippen LogP contribution < -0.4 is 5.32 Å². The van der Waals surface area contributed by atoms with Gasteiger partial charge in [0.1, 0.15) is 10.7 Å². The van der Waals surface area contributed by atoms with E-state index in [4.69, 9.17) is 0 Å². The molecule has 118 valence electrons. The van der Waals surface area contributed by atoms with E-state index in [0.29, 0.717) is 24.6 Å². The van der Waals surface area contributed by atoms with Crippen molar-refractivity contribution in [2.75, 3.05) is 26.2 Å². The van der Waals surface area contributed by atoms with Gasteiger partial charge in [-0.05, 0) is 50.4 Å². The second-order valence-electron chi connectivity index (χ2n) is 5.54. The number of piperidine rings is 1. The van der Waals surface area contributed by atoms with Crippen molar-refractivity contribution in [2.24, 2.45) is 5.92 Å². The van der Waals surface area contributed by atoms with Crippen LogP contribution in [0.3, 0.4) is 0 Å². The third kappa shape index (κ3) is 3.62. The van der Waals surface area contributed by atoms with Gasteiger partial charge < -0.3 is 5.32 Å². The van der Waals surface area contributed by atoms with Crippen LogP contribution in [0.5, 0.6) is 0 Å². The first-order valence-electron chi connectivity index (χ1n) is 7.42. The molecular weight excluding hydrogens is 291 g/mol. The standard InChI is InChI=1S/C15H23FN2O2S/c1-3-17-11-13-7-9-18(10-8-13)21(19,20)15-12(2)5-4-6-14(15)16/h4-6,13,17H,3,7-11H2,1-2H3. The molecule has 21 heavy (non-hydrogen) atoms. The molecular formula is C15H23FN2O2S. The number of sulfonamides is 1. The Morgan fingerprint density at radius 1 is 1.33 bits per heavy atom. The summed E-state index contributed by atoms with van der Waals surface area (Å²) < 4.78 is 40.6. The van der Waals surface area contributed by atoms with Crippen LogP contribution in [0, 0.1) is 18.7 Å². The number of aryl methyl sites for hydroxylation is 1. The van der Waals surface area contributed by atoms with Gasteiger partial charge in [-0.3, -0.25) is 0 Å². The van der Waals surface area contributed by atoms with Crippen molar-refractivity contribution in [1.29, 1.82) is 0 Å². The molecule has 4 nitrogen and oxygen atoms in total. The summed E-state index contributed by atoms with van der Waals surface area (Å²) >= 11 is 0. The molecule has 0 amide bonds. The Morgan fingerprint density at radius 2 is 2.00 bits per heavy atom. The maximum Gasteiger partial charge on any atom is 0.246 e. The Balaban J connectivity index is 2.12. The highest BCUT2D eigenvalue weighted by Gasteiger charge is 2.32. The molecule has 1 aliphatic heterocycles. The molecule has 1 aromatic carbocycles. The molecule has 0 atom stereocenters. The van der Waals surface area contributed by atoms with Crippen molar-refractivity contribution >= 4 is 10.0 Å². The number of hydrogen-bond donors (Lipinski definition) is 1. The third-order valence-electron chi connectivity index (χ3n) is 4.02. The van der Waals surface area contributed by atoms with Gasteiger partial charge >= 0.3 is 0 Å². The molecule has 1 N–H and O–H groups in total. The lowest BCUT2D eigenvalue weighted by Gasteiger charge is -2.31. The number of benzene rings is 1. The summed E-state index contributed by atoms with van der Waals surface area (Å²) in [5.74, 6) is -0.164. The lowest BCUT2D eigenvalue weighted by Crippen LogP contribution is -2.41. The van der Waals surface area contributed by atoms with Gasteiger partial charge in [-0.2, -0.15) is 4.31 Å². The maximum absolute atomic E-state index is 13.9. The van der Waals surface area contributed by atoms with Gasteiger partial charge in [-0.15, -0.1) is 0 Å². The summed E-state index contributed by atoms with van der Waals surface area (Å²) in [6, 6.07) is 4.37. The van der Waals surface area contributed by atoms with E-state index in [1.165, 1.54) is 16.4 Å². The Kier molecular flexibility index (Phi) is 5.35. The molecule has 0 spiro atoms. The molecule has 1 fully saturated rings. The molecule has 0 saturated carbocycles. The first-order valence-corrected chi connectivity index (χ1v) is 8.86. The molecule has 1 aromatic rings. The molecule has 0 radical (unpaired) electrons. The maximum atomic E-state index is 13.9. The monoisotopic (exact) mass is 314 g/mol. The van der Waals surface area contributed by atoms with E-state index < -0.39 is 15.8 Å². The van der Waals surface area contributed by atoms with Crippen molar-refractivity contribution in [3.05, 3.63) is 29.6 Å². The minimum atomic E-state index is -3.73. The van der Waals surface area contributed by atoms with Crippen LogP contribution in [0.15, 0.2) is 23.1 Å². The summed E-state index contributed by atoms with van der Waals surface area (Å²) in [7, 11) is -3.73. The largest absolute Gasteiger partial charge is 0.317 e. The summed E-state index contributed by atoms with van der Waals surface area (Å²) in [4.78, 5) is -0.171. The van der Waals surface area contributed by atoms with Gasteiger partial charge in [-0.1, -0.05) is 19.1 Å². The summed E-state index contributed by atoms with van der Waals surface area (Å²) in [5, 5.41) is 3.29. The smallest absolute Gasteiger partial charge is 0.246 e. The van der Waals surface area contributed by atoms with Crippen LogP contribution in [0.2, 0.25) is 0 Å². The van der Waals surface area contributed by atoms with Gasteiger partial charge in [0.2, 0.25) is 10.0 Å². The molecule has 6 heteroatoms. The van der Waals surface area contributed by atoms with Crippen LogP contribution in [0.4, 0.5) is 4.39 Å². The van der Waals surface area contributed by atoms with Gasteiger partial charge in [0.05, 0.1) is 0 Å². The predicted octanol–water partition coefficient (Wildman–Crippen LogP) is 2.14. The van der Waals surface area contributed by atoms with Crippen LogP contribution >= 0.6 is 0 Å². The highest BCUT2D eigenvalue weighted by molar-refractivity contribution is 7.89. The first-order chi connectivity index (χ1) is 9.96. The molecule has 1 heterocycles. The van der Waals surface area contributed by atoms with Gasteiger partial charge in [-0.25, -0.2) is 12.8 Å². The van der Waals surface area contributed by atoms with Crippen molar-refractivity contribution in [3.8, 4) is 0 Å². The normalized spacial score (nSPS) is 18.0. The lowest BCUT2D eigenvalue weighted by molar-refractivity contribution is 0.268. The van der Waals surface area contributed by atoms with Crippen molar-refractivity contribution in [1.82, 2.24) is 9.62 Å². The average Bonchev–Trinajstić information content (AvgIpc) is 2.45. The van der Waals surface area contributed by atoms with E-state index in [0.717, 1.165) is 25.9 Å². The van der Waals surface area contributed by atoms with E-state index in [1.54, 1.807) is 13.0 Å². The van der Waals surface area contributed by atoms with E-state index >= 15 is 0 Å². The first kappa shape index (κ1) is 16.4.